The summed E-state index contributed by atoms with van der Waals surface area (Å²) in [7, 11) is 0. The van der Waals surface area contributed by atoms with Crippen molar-refractivity contribution in [3.8, 4) is 5.75 Å². The predicted octanol–water partition coefficient (Wildman–Crippen LogP) is 3.27. The molecule has 1 amide bonds. The van der Waals surface area contributed by atoms with Crippen LogP contribution >= 0.6 is 0 Å². The Morgan fingerprint density at radius 2 is 1.79 bits per heavy atom. The van der Waals surface area contributed by atoms with Crippen molar-refractivity contribution in [3.05, 3.63) is 77.9 Å². The number of piperidine rings is 1. The molecule has 0 spiro atoms. The van der Waals surface area contributed by atoms with Crippen molar-refractivity contribution >= 4 is 5.91 Å². The highest BCUT2D eigenvalue weighted by atomic mass is 16.3. The first-order chi connectivity index (χ1) is 16.0. The lowest BCUT2D eigenvalue weighted by molar-refractivity contribution is 0.0545. The summed E-state index contributed by atoms with van der Waals surface area (Å²) in [5.74, 6) is 0.261. The second-order valence-electron chi connectivity index (χ2n) is 9.28. The number of aliphatic hydroxyl groups excluding tert-OH is 1. The zero-order valence-corrected chi connectivity index (χ0v) is 19.4. The van der Waals surface area contributed by atoms with Crippen molar-refractivity contribution in [2.75, 3.05) is 39.3 Å². The topological polar surface area (TPSA) is 67.2 Å². The number of piperazine rings is 1. The van der Waals surface area contributed by atoms with E-state index in [2.05, 4.69) is 29.4 Å². The smallest absolute Gasteiger partial charge is 0.253 e. The molecule has 33 heavy (non-hydrogen) atoms. The maximum atomic E-state index is 13.2. The molecule has 6 nitrogen and oxygen atoms in total. The third-order valence-corrected chi connectivity index (χ3v) is 6.87. The van der Waals surface area contributed by atoms with Gasteiger partial charge in [0, 0.05) is 50.9 Å². The van der Waals surface area contributed by atoms with Crippen LogP contribution in [0.25, 0.3) is 0 Å². The van der Waals surface area contributed by atoms with Gasteiger partial charge in [0.05, 0.1) is 12.1 Å². The maximum absolute atomic E-state index is 13.2. The Hall–Kier alpha value is -2.67. The van der Waals surface area contributed by atoms with Gasteiger partial charge in [0.15, 0.2) is 0 Å². The first-order valence-corrected chi connectivity index (χ1v) is 11.9. The fraction of sp³-hybridized carbons (Fsp3) is 0.444. The van der Waals surface area contributed by atoms with Gasteiger partial charge >= 0.3 is 0 Å². The Kier molecular flexibility index (Phi) is 7.48. The molecule has 0 aliphatic carbocycles. The molecule has 0 saturated carbocycles. The van der Waals surface area contributed by atoms with Crippen LogP contribution in [0.2, 0.25) is 0 Å². The molecule has 2 atom stereocenters. The third-order valence-electron chi connectivity index (χ3n) is 6.87. The Morgan fingerprint density at radius 3 is 2.45 bits per heavy atom. The van der Waals surface area contributed by atoms with Crippen molar-refractivity contribution in [1.82, 2.24) is 14.7 Å². The minimum absolute atomic E-state index is 0.0160. The van der Waals surface area contributed by atoms with E-state index in [-0.39, 0.29) is 23.8 Å². The molecule has 4 rings (SSSR count). The summed E-state index contributed by atoms with van der Waals surface area (Å²) in [5, 5.41) is 20.0. The summed E-state index contributed by atoms with van der Waals surface area (Å²) < 4.78 is 0. The number of hydrogen-bond donors (Lipinski definition) is 2. The number of phenolic OH excluding ortho intramolecular Hbond substituents is 1. The van der Waals surface area contributed by atoms with Crippen LogP contribution in [0.4, 0.5) is 0 Å². The molecule has 2 N–H and O–H groups in total. The number of benzene rings is 2. The number of aliphatic hydroxyl groups is 1. The first-order valence-electron chi connectivity index (χ1n) is 11.9. The quantitative estimate of drug-likeness (QED) is 0.663. The van der Waals surface area contributed by atoms with Crippen LogP contribution in [0.5, 0.6) is 5.75 Å². The number of carbonyl (C=O) groups excluding carboxylic acids is 1. The third kappa shape index (κ3) is 5.46. The second-order valence-corrected chi connectivity index (χ2v) is 9.28. The first kappa shape index (κ1) is 23.5. The van der Waals surface area contributed by atoms with E-state index in [1.54, 1.807) is 6.07 Å². The van der Waals surface area contributed by atoms with Gasteiger partial charge in [0.2, 0.25) is 0 Å². The van der Waals surface area contributed by atoms with Crippen LogP contribution in [0, 0.1) is 0 Å². The highest BCUT2D eigenvalue weighted by Gasteiger charge is 2.32. The van der Waals surface area contributed by atoms with Gasteiger partial charge in [-0.1, -0.05) is 30.3 Å². The normalized spacial score (nSPS) is 21.6. The van der Waals surface area contributed by atoms with E-state index < -0.39 is 0 Å². The molecule has 176 valence electrons. The van der Waals surface area contributed by atoms with Crippen LogP contribution in [-0.2, 0) is 0 Å². The maximum Gasteiger partial charge on any atom is 0.253 e. The molecular formula is C27H35N3O3. The molecule has 2 saturated heterocycles. The monoisotopic (exact) mass is 449 g/mol. The number of phenols is 1. The summed E-state index contributed by atoms with van der Waals surface area (Å²) >= 11 is 0. The fourth-order valence-electron chi connectivity index (χ4n) is 5.14. The molecule has 2 aliphatic heterocycles. The number of nitrogens with zero attached hydrogens (tertiary/aromatic N) is 3. The van der Waals surface area contributed by atoms with E-state index >= 15 is 0 Å². The molecule has 2 heterocycles. The van der Waals surface area contributed by atoms with Crippen LogP contribution < -0.4 is 0 Å². The summed E-state index contributed by atoms with van der Waals surface area (Å²) in [5.41, 5.74) is 2.74. The number of amides is 1. The van der Waals surface area contributed by atoms with Crippen LogP contribution in [0.3, 0.4) is 0 Å². The number of likely N-dealkylation sites (tertiary alicyclic amines) is 1. The van der Waals surface area contributed by atoms with Crippen molar-refractivity contribution in [2.24, 2.45) is 0 Å². The van der Waals surface area contributed by atoms with E-state index in [4.69, 9.17) is 0 Å². The van der Waals surface area contributed by atoms with Crippen LogP contribution in [0.1, 0.15) is 47.3 Å². The molecule has 0 bridgehead atoms. The van der Waals surface area contributed by atoms with Gasteiger partial charge in [0.25, 0.3) is 5.91 Å². The van der Waals surface area contributed by atoms with Gasteiger partial charge in [-0.3, -0.25) is 14.6 Å². The van der Waals surface area contributed by atoms with E-state index in [1.165, 1.54) is 0 Å². The number of aromatic hydroxyl groups is 1. The van der Waals surface area contributed by atoms with Gasteiger partial charge in [-0.05, 0) is 55.2 Å². The average molecular weight is 450 g/mol. The van der Waals surface area contributed by atoms with Crippen molar-refractivity contribution in [1.29, 1.82) is 0 Å². The molecule has 2 fully saturated rings. The average Bonchev–Trinajstić information content (AvgIpc) is 2.81. The van der Waals surface area contributed by atoms with Crippen molar-refractivity contribution < 1.29 is 15.0 Å². The Bertz CT molecular complexity index is 971. The number of carbonyl (C=O) groups is 1. The number of hydrogen-bond acceptors (Lipinski definition) is 5. The molecule has 2 unspecified atom stereocenters. The summed E-state index contributed by atoms with van der Waals surface area (Å²) in [6.07, 6.45) is 2.90. The largest absolute Gasteiger partial charge is 0.508 e. The summed E-state index contributed by atoms with van der Waals surface area (Å²) in [6, 6.07) is 15.6. The van der Waals surface area contributed by atoms with E-state index in [0.717, 1.165) is 37.3 Å². The van der Waals surface area contributed by atoms with Gasteiger partial charge < -0.3 is 15.1 Å². The lowest BCUT2D eigenvalue weighted by atomic mass is 9.93. The van der Waals surface area contributed by atoms with Gasteiger partial charge in [-0.15, -0.1) is 6.58 Å². The van der Waals surface area contributed by atoms with Crippen LogP contribution in [-0.4, -0.2) is 82.2 Å². The summed E-state index contributed by atoms with van der Waals surface area (Å²) in [6.45, 7) is 10.9. The number of rotatable bonds is 6. The molecule has 2 aromatic carbocycles. The molecule has 2 aromatic rings. The Labute approximate surface area is 196 Å². The fourth-order valence-corrected chi connectivity index (χ4v) is 5.14. The Morgan fingerprint density at radius 1 is 1.09 bits per heavy atom. The van der Waals surface area contributed by atoms with E-state index in [1.807, 2.05) is 47.4 Å². The lowest BCUT2D eigenvalue weighted by Gasteiger charge is -2.44. The van der Waals surface area contributed by atoms with Crippen molar-refractivity contribution in [3.63, 3.8) is 0 Å². The van der Waals surface area contributed by atoms with Gasteiger partial charge in [-0.25, -0.2) is 0 Å². The minimum atomic E-state index is -0.309. The van der Waals surface area contributed by atoms with E-state index in [0.29, 0.717) is 37.5 Å². The molecule has 2 aliphatic rings. The predicted molar refractivity (Wildman–Crippen MR) is 130 cm³/mol. The lowest BCUT2D eigenvalue weighted by Crippen LogP contribution is -2.53. The van der Waals surface area contributed by atoms with Crippen LogP contribution in [0.15, 0.2) is 61.2 Å². The zero-order chi connectivity index (χ0) is 23.4. The standard InChI is InChI=1S/C27H35N3O3/c1-3-12-28-15-16-30(20(2)19-28)26(22-7-5-9-25(32)18-22)21-6-4-8-23(17-21)27(33)29-13-10-24(31)11-14-29/h3-9,17-18,20,24,26,31-32H,1,10-16,19H2,2H3. The van der Waals surface area contributed by atoms with Gasteiger partial charge in [-0.2, -0.15) is 0 Å². The molecule has 6 heteroatoms. The SMILES string of the molecule is C=CCN1CCN(C(c2cccc(O)c2)c2cccc(C(=O)N3CCC(O)CC3)c2)C(C)C1. The van der Waals surface area contributed by atoms with Gasteiger partial charge in [0.1, 0.15) is 5.75 Å². The highest BCUT2D eigenvalue weighted by molar-refractivity contribution is 5.94. The Balaban J connectivity index is 1.64. The zero-order valence-electron chi connectivity index (χ0n) is 19.4. The second kappa shape index (κ2) is 10.5. The van der Waals surface area contributed by atoms with Crippen molar-refractivity contribution in [2.45, 2.75) is 38.0 Å². The minimum Gasteiger partial charge on any atom is -0.508 e. The highest BCUT2D eigenvalue weighted by Crippen LogP contribution is 2.34. The molecule has 0 radical (unpaired) electrons. The summed E-state index contributed by atoms with van der Waals surface area (Å²) in [4.78, 5) is 19.9. The van der Waals surface area contributed by atoms with E-state index in [9.17, 15) is 15.0 Å². The molecule has 0 aromatic heterocycles. The molecular weight excluding hydrogens is 414 g/mol.